The number of hydrogen-bond acceptors (Lipinski definition) is 6. The number of nitrogens with one attached hydrogen (secondary N) is 2. The van der Waals surface area contributed by atoms with Crippen molar-refractivity contribution in [1.29, 1.82) is 0 Å². The number of aromatic amines is 1. The van der Waals surface area contributed by atoms with E-state index >= 15 is 0 Å². The van der Waals surface area contributed by atoms with E-state index in [0.29, 0.717) is 24.7 Å². The minimum atomic E-state index is -3.22. The van der Waals surface area contributed by atoms with Crippen LogP contribution in [0.1, 0.15) is 31.7 Å². The van der Waals surface area contributed by atoms with Crippen LogP contribution >= 0.6 is 0 Å². The first-order chi connectivity index (χ1) is 12.0. The van der Waals surface area contributed by atoms with Crippen LogP contribution < -0.4 is 10.2 Å². The maximum atomic E-state index is 11.9. The summed E-state index contributed by atoms with van der Waals surface area (Å²) >= 11 is 0. The van der Waals surface area contributed by atoms with Crippen LogP contribution in [-0.4, -0.2) is 48.0 Å². The Morgan fingerprint density at radius 1 is 1.48 bits per heavy atom. The zero-order chi connectivity index (χ0) is 17.6. The molecule has 2 aromatic heterocycles. The highest BCUT2D eigenvalue weighted by Crippen LogP contribution is 2.34. The van der Waals surface area contributed by atoms with Crippen molar-refractivity contribution in [2.75, 3.05) is 5.75 Å². The molecule has 10 heteroatoms. The summed E-state index contributed by atoms with van der Waals surface area (Å²) in [7, 11) is -4.35. The van der Waals surface area contributed by atoms with Crippen molar-refractivity contribution in [1.82, 2.24) is 14.7 Å². The van der Waals surface area contributed by atoms with Crippen molar-refractivity contribution in [3.8, 4) is 0 Å². The standard InChI is InChI=1S/C15H19BN4O4S/c1-2-5-25(22,23)20-10-6-9(7-10)14-13-11-3-4-17-15(11)18-8-12(13)16(21)24-19-14/h3-4,8-10,20-21H,2,5-7H2,1H3,(H,17,18). The molecule has 0 aromatic carbocycles. The van der Waals surface area contributed by atoms with Gasteiger partial charge in [0.1, 0.15) is 5.65 Å². The number of hydrogen-bond donors (Lipinski definition) is 3. The lowest BCUT2D eigenvalue weighted by Gasteiger charge is -2.37. The monoisotopic (exact) mass is 362 g/mol. The number of pyridine rings is 1. The van der Waals surface area contributed by atoms with E-state index in [1.807, 2.05) is 13.0 Å². The molecule has 0 atom stereocenters. The highest BCUT2D eigenvalue weighted by Gasteiger charge is 2.41. The molecular formula is C15H19BN4O4S. The predicted molar refractivity (Wildman–Crippen MR) is 95.0 cm³/mol. The first-order valence-corrected chi connectivity index (χ1v) is 10.0. The topological polar surface area (TPSA) is 117 Å². The third-order valence-electron chi connectivity index (χ3n) is 4.73. The molecule has 0 unspecified atom stereocenters. The van der Waals surface area contributed by atoms with Gasteiger partial charge in [-0.2, -0.15) is 0 Å². The van der Waals surface area contributed by atoms with Gasteiger partial charge in [-0.05, 0) is 25.3 Å². The lowest BCUT2D eigenvalue weighted by atomic mass is 9.69. The molecule has 0 bridgehead atoms. The zero-order valence-electron chi connectivity index (χ0n) is 13.8. The van der Waals surface area contributed by atoms with E-state index in [1.54, 1.807) is 12.4 Å². The van der Waals surface area contributed by atoms with Crippen LogP contribution in [0, 0.1) is 5.92 Å². The molecule has 0 amide bonds. The fraction of sp³-hybridized carbons (Fsp3) is 0.467. The van der Waals surface area contributed by atoms with Crippen LogP contribution in [0.4, 0.5) is 0 Å². The molecule has 1 fully saturated rings. The SMILES string of the molecule is CCCS(=O)(=O)NC1CC(C2=NOB(O)c3cnc4[nH]ccc4c32)C1. The Bertz CT molecular complexity index is 936. The van der Waals surface area contributed by atoms with Crippen LogP contribution in [0.2, 0.25) is 0 Å². The minimum Gasteiger partial charge on any atom is -0.427 e. The van der Waals surface area contributed by atoms with E-state index in [2.05, 4.69) is 19.8 Å². The highest BCUT2D eigenvalue weighted by molar-refractivity contribution is 7.89. The van der Waals surface area contributed by atoms with Crippen molar-refractivity contribution in [3.63, 3.8) is 0 Å². The highest BCUT2D eigenvalue weighted by atomic mass is 32.2. The van der Waals surface area contributed by atoms with Gasteiger partial charge in [-0.25, -0.2) is 18.1 Å². The van der Waals surface area contributed by atoms with E-state index < -0.39 is 17.1 Å². The van der Waals surface area contributed by atoms with Crippen molar-refractivity contribution in [3.05, 3.63) is 24.0 Å². The third-order valence-corrected chi connectivity index (χ3v) is 6.37. The van der Waals surface area contributed by atoms with Crippen LogP contribution in [0.3, 0.4) is 0 Å². The normalized spacial score (nSPS) is 23.0. The number of rotatable bonds is 5. The Kier molecular flexibility index (Phi) is 4.05. The average Bonchev–Trinajstić information content (AvgIpc) is 3.00. The average molecular weight is 362 g/mol. The lowest BCUT2D eigenvalue weighted by molar-refractivity contribution is 0.267. The summed E-state index contributed by atoms with van der Waals surface area (Å²) in [6.45, 7) is 1.84. The smallest absolute Gasteiger partial charge is 0.427 e. The summed E-state index contributed by atoms with van der Waals surface area (Å²) < 4.78 is 31.6. The molecule has 25 heavy (non-hydrogen) atoms. The van der Waals surface area contributed by atoms with E-state index in [1.165, 1.54) is 0 Å². The molecule has 2 aliphatic rings. The molecular weight excluding hydrogens is 343 g/mol. The number of oxime groups is 1. The van der Waals surface area contributed by atoms with Crippen LogP contribution in [0.25, 0.3) is 11.0 Å². The number of aromatic nitrogens is 2. The maximum Gasteiger partial charge on any atom is 0.585 e. The molecule has 1 aliphatic heterocycles. The number of nitrogens with zero attached hydrogens (tertiary/aromatic N) is 2. The summed E-state index contributed by atoms with van der Waals surface area (Å²) in [5.41, 5.74) is 2.90. The first-order valence-electron chi connectivity index (χ1n) is 8.36. The van der Waals surface area contributed by atoms with E-state index in [4.69, 9.17) is 4.76 Å². The van der Waals surface area contributed by atoms with Crippen molar-refractivity contribution in [2.24, 2.45) is 11.1 Å². The van der Waals surface area contributed by atoms with Crippen molar-refractivity contribution >= 4 is 39.3 Å². The van der Waals surface area contributed by atoms with Crippen molar-refractivity contribution < 1.29 is 18.2 Å². The molecule has 8 nitrogen and oxygen atoms in total. The molecule has 3 N–H and O–H groups in total. The summed E-state index contributed by atoms with van der Waals surface area (Å²) in [6.07, 6.45) is 5.30. The van der Waals surface area contributed by atoms with Crippen molar-refractivity contribution in [2.45, 2.75) is 32.2 Å². The van der Waals surface area contributed by atoms with Gasteiger partial charge in [0, 0.05) is 40.8 Å². The second-order valence-corrected chi connectivity index (χ2v) is 8.44. The first kappa shape index (κ1) is 16.6. The Morgan fingerprint density at radius 3 is 3.04 bits per heavy atom. The maximum absolute atomic E-state index is 11.9. The predicted octanol–water partition coefficient (Wildman–Crippen LogP) is 0.0927. The molecule has 0 spiro atoms. The number of H-pyrrole nitrogens is 1. The Morgan fingerprint density at radius 2 is 2.28 bits per heavy atom. The van der Waals surface area contributed by atoms with Gasteiger partial charge >= 0.3 is 7.12 Å². The summed E-state index contributed by atoms with van der Waals surface area (Å²) in [4.78, 5) is 7.34. The Hall–Kier alpha value is -1.91. The van der Waals surface area contributed by atoms with Gasteiger partial charge in [-0.15, -0.1) is 5.16 Å². The summed E-state index contributed by atoms with van der Waals surface area (Å²) in [5.74, 6) is 0.226. The largest absolute Gasteiger partial charge is 0.585 e. The molecule has 0 saturated heterocycles. The quantitative estimate of drug-likeness (QED) is 0.652. The van der Waals surface area contributed by atoms with Gasteiger partial charge in [0.05, 0.1) is 11.5 Å². The third kappa shape index (κ3) is 2.94. The minimum absolute atomic E-state index is 0.0805. The Labute approximate surface area is 145 Å². The van der Waals surface area contributed by atoms with Gasteiger partial charge in [0.25, 0.3) is 0 Å². The number of sulfonamides is 1. The number of fused-ring (bicyclic) bond motifs is 3. The van der Waals surface area contributed by atoms with Crippen LogP contribution in [0.5, 0.6) is 0 Å². The second-order valence-electron chi connectivity index (χ2n) is 6.56. The van der Waals surface area contributed by atoms with Gasteiger partial charge in [0.15, 0.2) is 0 Å². The van der Waals surface area contributed by atoms with Gasteiger partial charge in [-0.3, -0.25) is 0 Å². The lowest BCUT2D eigenvalue weighted by Crippen LogP contribution is -2.50. The zero-order valence-corrected chi connectivity index (χ0v) is 14.6. The fourth-order valence-corrected chi connectivity index (χ4v) is 4.86. The molecule has 1 aliphatic carbocycles. The molecule has 1 saturated carbocycles. The molecule has 0 radical (unpaired) electrons. The molecule has 132 valence electrons. The van der Waals surface area contributed by atoms with E-state index in [-0.39, 0.29) is 17.7 Å². The van der Waals surface area contributed by atoms with E-state index in [0.717, 1.165) is 22.3 Å². The summed E-state index contributed by atoms with van der Waals surface area (Å²) in [5, 5.41) is 15.0. The fourth-order valence-electron chi connectivity index (χ4n) is 3.50. The molecule has 2 aromatic rings. The second kappa shape index (κ2) is 6.12. The van der Waals surface area contributed by atoms with E-state index in [9.17, 15) is 13.4 Å². The Balaban J connectivity index is 1.57. The molecule has 3 heterocycles. The van der Waals surface area contributed by atoms with Crippen LogP contribution in [-0.2, 0) is 14.8 Å². The van der Waals surface area contributed by atoms with Gasteiger partial charge in [0.2, 0.25) is 10.0 Å². The van der Waals surface area contributed by atoms with Gasteiger partial charge in [-0.1, -0.05) is 6.92 Å². The molecule has 4 rings (SSSR count). The van der Waals surface area contributed by atoms with Crippen LogP contribution in [0.15, 0.2) is 23.6 Å². The summed E-state index contributed by atoms with van der Waals surface area (Å²) in [6, 6.07) is 1.82. The van der Waals surface area contributed by atoms with Gasteiger partial charge < -0.3 is 14.8 Å².